The van der Waals surface area contributed by atoms with E-state index in [0.717, 1.165) is 6.07 Å². The molecule has 1 aromatic rings. The molecule has 1 aliphatic rings. The van der Waals surface area contributed by atoms with Gasteiger partial charge >= 0.3 is 6.03 Å². The minimum Gasteiger partial charge on any atom is -0.336 e. The van der Waals surface area contributed by atoms with Crippen LogP contribution in [0.15, 0.2) is 12.1 Å². The normalized spacial score (nSPS) is 20.8. The van der Waals surface area contributed by atoms with Crippen LogP contribution in [0.25, 0.3) is 0 Å². The van der Waals surface area contributed by atoms with Crippen molar-refractivity contribution in [3.8, 4) is 0 Å². The Labute approximate surface area is 130 Å². The van der Waals surface area contributed by atoms with Crippen molar-refractivity contribution < 1.29 is 18.0 Å². The number of alkyl halides is 1. The summed E-state index contributed by atoms with van der Waals surface area (Å²) in [7, 11) is 0. The molecule has 2 atom stereocenters. The van der Waals surface area contributed by atoms with Crippen LogP contribution in [0.5, 0.6) is 0 Å². The van der Waals surface area contributed by atoms with Gasteiger partial charge in [0.2, 0.25) is 0 Å². The van der Waals surface area contributed by atoms with Gasteiger partial charge < -0.3 is 16.0 Å². The molecule has 1 saturated heterocycles. The van der Waals surface area contributed by atoms with E-state index < -0.39 is 23.8 Å². The van der Waals surface area contributed by atoms with Gasteiger partial charge in [0.15, 0.2) is 0 Å². The molecular weight excluding hydrogens is 330 g/mol. The maximum atomic E-state index is 13.2. The summed E-state index contributed by atoms with van der Waals surface area (Å²) in [5, 5.41) is 7.24. The quantitative estimate of drug-likeness (QED) is 0.739. The summed E-state index contributed by atoms with van der Waals surface area (Å²) < 4.78 is 39.1. The van der Waals surface area contributed by atoms with Crippen LogP contribution in [-0.2, 0) is 0 Å². The molecule has 0 bridgehead atoms. The lowest BCUT2D eigenvalue weighted by Gasteiger charge is -2.13. The van der Waals surface area contributed by atoms with E-state index >= 15 is 0 Å². The molecule has 2 amide bonds. The SMILES string of the molecule is Cl.O=C(NC[C@@H]1C[C@H](F)CN1)Nc1cc(F)cc(F)c1Cl. The standard InChI is InChI=1S/C12H13ClF3N3O.ClH/c13-11-9(16)2-6(14)3-10(11)19-12(20)18-5-8-1-7(15)4-17-8;/h2-3,7-8,17H,1,4-5H2,(H2,18,19,20);1H/t7-,8-;/m0./s1. The van der Waals surface area contributed by atoms with Crippen LogP contribution in [0, 0.1) is 11.6 Å². The van der Waals surface area contributed by atoms with Crippen LogP contribution in [0.1, 0.15) is 6.42 Å². The number of carbonyl (C=O) groups is 1. The molecule has 1 aromatic carbocycles. The van der Waals surface area contributed by atoms with Gasteiger partial charge in [0.1, 0.15) is 22.8 Å². The Bertz CT molecular complexity index is 519. The Morgan fingerprint density at radius 1 is 1.43 bits per heavy atom. The first-order chi connectivity index (χ1) is 9.45. The Morgan fingerprint density at radius 2 is 2.14 bits per heavy atom. The van der Waals surface area contributed by atoms with Crippen molar-refractivity contribution in [1.82, 2.24) is 10.6 Å². The second kappa shape index (κ2) is 7.72. The Balaban J connectivity index is 0.00000220. The maximum Gasteiger partial charge on any atom is 0.319 e. The van der Waals surface area contributed by atoms with Gasteiger partial charge in [-0.1, -0.05) is 11.6 Å². The van der Waals surface area contributed by atoms with Gasteiger partial charge in [0, 0.05) is 25.2 Å². The van der Waals surface area contributed by atoms with Crippen molar-refractivity contribution in [2.45, 2.75) is 18.6 Å². The largest absolute Gasteiger partial charge is 0.336 e. The van der Waals surface area contributed by atoms with E-state index in [4.69, 9.17) is 11.6 Å². The maximum absolute atomic E-state index is 13.2. The fourth-order valence-electron chi connectivity index (χ4n) is 1.95. The highest BCUT2D eigenvalue weighted by molar-refractivity contribution is 6.33. The molecule has 118 valence electrons. The number of urea groups is 1. The van der Waals surface area contributed by atoms with E-state index in [1.54, 1.807) is 0 Å². The average Bonchev–Trinajstić information content (AvgIpc) is 2.79. The van der Waals surface area contributed by atoms with Gasteiger partial charge in [-0.25, -0.2) is 18.0 Å². The lowest BCUT2D eigenvalue weighted by Crippen LogP contribution is -2.39. The van der Waals surface area contributed by atoms with Crippen molar-refractivity contribution in [3.05, 3.63) is 28.8 Å². The van der Waals surface area contributed by atoms with Gasteiger partial charge in [-0.05, 0) is 12.5 Å². The van der Waals surface area contributed by atoms with Gasteiger partial charge in [-0.3, -0.25) is 0 Å². The molecule has 0 saturated carbocycles. The van der Waals surface area contributed by atoms with E-state index in [9.17, 15) is 18.0 Å². The van der Waals surface area contributed by atoms with Crippen LogP contribution in [0.3, 0.4) is 0 Å². The average molecular weight is 344 g/mol. The van der Waals surface area contributed by atoms with Crippen LogP contribution >= 0.6 is 24.0 Å². The van der Waals surface area contributed by atoms with Crippen molar-refractivity contribution in [2.75, 3.05) is 18.4 Å². The van der Waals surface area contributed by atoms with E-state index in [2.05, 4.69) is 16.0 Å². The van der Waals surface area contributed by atoms with Gasteiger partial charge in [0.05, 0.1) is 5.69 Å². The Hall–Kier alpha value is -1.18. The number of nitrogens with one attached hydrogen (secondary N) is 3. The molecule has 9 heteroatoms. The molecule has 1 fully saturated rings. The molecule has 2 rings (SSSR count). The highest BCUT2D eigenvalue weighted by Gasteiger charge is 2.23. The zero-order valence-electron chi connectivity index (χ0n) is 10.8. The van der Waals surface area contributed by atoms with Crippen molar-refractivity contribution >= 4 is 35.7 Å². The van der Waals surface area contributed by atoms with E-state index in [-0.39, 0.29) is 42.2 Å². The smallest absolute Gasteiger partial charge is 0.319 e. The summed E-state index contributed by atoms with van der Waals surface area (Å²) in [5.74, 6) is -1.81. The Kier molecular flexibility index (Phi) is 6.57. The molecule has 1 aliphatic heterocycles. The summed E-state index contributed by atoms with van der Waals surface area (Å²) in [6.07, 6.45) is -0.605. The summed E-state index contributed by atoms with van der Waals surface area (Å²) >= 11 is 5.61. The van der Waals surface area contributed by atoms with Crippen molar-refractivity contribution in [3.63, 3.8) is 0 Å². The van der Waals surface area contributed by atoms with E-state index in [1.807, 2.05) is 0 Å². The molecule has 1 heterocycles. The third-order valence-corrected chi connectivity index (χ3v) is 3.30. The molecule has 0 radical (unpaired) electrons. The summed E-state index contributed by atoms with van der Waals surface area (Å²) in [6, 6.07) is 0.711. The number of hydrogen-bond acceptors (Lipinski definition) is 2. The lowest BCUT2D eigenvalue weighted by molar-refractivity contribution is 0.251. The summed E-state index contributed by atoms with van der Waals surface area (Å²) in [6.45, 7) is 0.469. The number of hydrogen-bond donors (Lipinski definition) is 3. The van der Waals surface area contributed by atoms with Crippen LogP contribution < -0.4 is 16.0 Å². The van der Waals surface area contributed by atoms with Crippen molar-refractivity contribution in [1.29, 1.82) is 0 Å². The summed E-state index contributed by atoms with van der Waals surface area (Å²) in [4.78, 5) is 11.6. The summed E-state index contributed by atoms with van der Waals surface area (Å²) in [5.41, 5.74) is -0.163. The molecule has 3 N–H and O–H groups in total. The van der Waals surface area contributed by atoms with Crippen LogP contribution in [0.2, 0.25) is 5.02 Å². The first kappa shape index (κ1) is 17.9. The van der Waals surface area contributed by atoms with E-state index in [1.165, 1.54) is 0 Å². The van der Waals surface area contributed by atoms with Gasteiger partial charge in [-0.2, -0.15) is 0 Å². The first-order valence-corrected chi connectivity index (χ1v) is 6.40. The number of anilines is 1. The monoisotopic (exact) mass is 343 g/mol. The predicted octanol–water partition coefficient (Wildman–Crippen LogP) is 2.86. The number of halogens is 5. The zero-order valence-corrected chi connectivity index (χ0v) is 12.3. The molecule has 4 nitrogen and oxygen atoms in total. The highest BCUT2D eigenvalue weighted by Crippen LogP contribution is 2.26. The van der Waals surface area contributed by atoms with Crippen LogP contribution in [-0.4, -0.2) is 31.3 Å². The topological polar surface area (TPSA) is 53.2 Å². The minimum atomic E-state index is -0.959. The third-order valence-electron chi connectivity index (χ3n) is 2.92. The molecule has 0 aliphatic carbocycles. The number of amides is 2. The predicted molar refractivity (Wildman–Crippen MR) is 76.9 cm³/mol. The highest BCUT2D eigenvalue weighted by atomic mass is 35.5. The fourth-order valence-corrected chi connectivity index (χ4v) is 2.11. The van der Waals surface area contributed by atoms with Crippen molar-refractivity contribution in [2.24, 2.45) is 0 Å². The van der Waals surface area contributed by atoms with Crippen LogP contribution in [0.4, 0.5) is 23.7 Å². The molecular formula is C12H14Cl2F3N3O. The van der Waals surface area contributed by atoms with E-state index in [0.29, 0.717) is 12.5 Å². The zero-order chi connectivity index (χ0) is 14.7. The lowest BCUT2D eigenvalue weighted by atomic mass is 10.2. The second-order valence-corrected chi connectivity index (χ2v) is 4.90. The fraction of sp³-hybridized carbons (Fsp3) is 0.417. The first-order valence-electron chi connectivity index (χ1n) is 6.02. The number of rotatable bonds is 3. The third kappa shape index (κ3) is 4.94. The molecule has 21 heavy (non-hydrogen) atoms. The minimum absolute atomic E-state index is 0. The number of benzene rings is 1. The van der Waals surface area contributed by atoms with Gasteiger partial charge in [0.25, 0.3) is 0 Å². The molecule has 0 unspecified atom stereocenters. The molecule has 0 spiro atoms. The van der Waals surface area contributed by atoms with Gasteiger partial charge in [-0.15, -0.1) is 12.4 Å². The Morgan fingerprint density at radius 3 is 2.76 bits per heavy atom. The second-order valence-electron chi connectivity index (χ2n) is 4.52. The number of carbonyl (C=O) groups excluding carboxylic acids is 1. The molecule has 0 aromatic heterocycles.